The van der Waals surface area contributed by atoms with Crippen molar-refractivity contribution in [2.45, 2.75) is 6.61 Å². The number of aromatic nitrogens is 2. The van der Waals surface area contributed by atoms with Gasteiger partial charge in [0, 0.05) is 12.6 Å². The van der Waals surface area contributed by atoms with Crippen LogP contribution in [0.5, 0.6) is 5.75 Å². The molecular formula is C12H11BrN2O2. The summed E-state index contributed by atoms with van der Waals surface area (Å²) in [5, 5.41) is 4.10. The second kappa shape index (κ2) is 5.14. The predicted molar refractivity (Wildman–Crippen MR) is 67.1 cm³/mol. The molecule has 0 saturated heterocycles. The van der Waals surface area contributed by atoms with E-state index in [0.717, 1.165) is 16.5 Å². The van der Waals surface area contributed by atoms with E-state index in [0.29, 0.717) is 17.9 Å². The molecule has 4 nitrogen and oxygen atoms in total. The number of carbonyl (C=O) groups excluding carboxylic acids is 1. The first-order chi connectivity index (χ1) is 8.20. The van der Waals surface area contributed by atoms with E-state index >= 15 is 0 Å². The van der Waals surface area contributed by atoms with Crippen LogP contribution in [0.2, 0.25) is 0 Å². The minimum Gasteiger partial charge on any atom is -0.487 e. The van der Waals surface area contributed by atoms with Gasteiger partial charge in [0.2, 0.25) is 0 Å². The number of hydrogen-bond acceptors (Lipinski definition) is 3. The molecule has 0 N–H and O–H groups in total. The number of nitrogens with zero attached hydrogens (tertiary/aromatic N) is 2. The van der Waals surface area contributed by atoms with Gasteiger partial charge in [-0.1, -0.05) is 12.1 Å². The summed E-state index contributed by atoms with van der Waals surface area (Å²) >= 11 is 3.40. The van der Waals surface area contributed by atoms with Crippen LogP contribution in [0.1, 0.15) is 16.1 Å². The van der Waals surface area contributed by atoms with E-state index in [4.69, 9.17) is 4.74 Å². The highest BCUT2D eigenvalue weighted by Gasteiger charge is 2.06. The van der Waals surface area contributed by atoms with E-state index in [1.165, 1.54) is 0 Å². The lowest BCUT2D eigenvalue weighted by atomic mass is 10.2. The Balaban J connectivity index is 2.09. The number of aryl methyl sites for hydroxylation is 1. The molecule has 0 aliphatic rings. The van der Waals surface area contributed by atoms with Gasteiger partial charge in [0.1, 0.15) is 18.6 Å². The molecule has 0 atom stereocenters. The average molecular weight is 295 g/mol. The fraction of sp³-hybridized carbons (Fsp3) is 0.167. The quantitative estimate of drug-likeness (QED) is 0.814. The lowest BCUT2D eigenvalue weighted by Gasteiger charge is -2.07. The molecule has 2 aromatic rings. The van der Waals surface area contributed by atoms with E-state index in [9.17, 15) is 4.79 Å². The van der Waals surface area contributed by atoms with Crippen LogP contribution in [0, 0.1) is 0 Å². The van der Waals surface area contributed by atoms with Crippen LogP contribution < -0.4 is 4.74 Å². The molecule has 0 amide bonds. The SMILES string of the molecule is Cn1ncc(Br)c1COc1cccc(C=O)c1. The number of halogens is 1. The Bertz CT molecular complexity index is 518. The number of aldehydes is 1. The molecule has 1 aromatic heterocycles. The van der Waals surface area contributed by atoms with Gasteiger partial charge in [0.25, 0.3) is 0 Å². The average Bonchev–Trinajstić information content (AvgIpc) is 2.67. The number of benzene rings is 1. The fourth-order valence-corrected chi connectivity index (χ4v) is 1.89. The zero-order chi connectivity index (χ0) is 12.3. The first-order valence-corrected chi connectivity index (χ1v) is 5.84. The van der Waals surface area contributed by atoms with Gasteiger partial charge in [-0.3, -0.25) is 9.48 Å². The third-order valence-corrected chi connectivity index (χ3v) is 3.04. The van der Waals surface area contributed by atoms with Crippen molar-refractivity contribution < 1.29 is 9.53 Å². The molecule has 0 radical (unpaired) electrons. The molecule has 5 heteroatoms. The Kier molecular flexibility index (Phi) is 3.58. The maximum absolute atomic E-state index is 10.6. The van der Waals surface area contributed by atoms with Crippen LogP contribution in [0.25, 0.3) is 0 Å². The number of ether oxygens (including phenoxy) is 1. The Morgan fingerprint density at radius 3 is 3.00 bits per heavy atom. The summed E-state index contributed by atoms with van der Waals surface area (Å²) in [6, 6.07) is 7.05. The largest absolute Gasteiger partial charge is 0.487 e. The molecule has 88 valence electrons. The van der Waals surface area contributed by atoms with Gasteiger partial charge in [-0.05, 0) is 28.1 Å². The summed E-state index contributed by atoms with van der Waals surface area (Å²) in [4.78, 5) is 10.6. The van der Waals surface area contributed by atoms with Crippen LogP contribution >= 0.6 is 15.9 Å². The lowest BCUT2D eigenvalue weighted by Crippen LogP contribution is -2.03. The van der Waals surface area contributed by atoms with Crippen molar-refractivity contribution in [3.8, 4) is 5.75 Å². The van der Waals surface area contributed by atoms with Gasteiger partial charge in [-0.15, -0.1) is 0 Å². The minimum atomic E-state index is 0.402. The normalized spacial score (nSPS) is 10.2. The first-order valence-electron chi connectivity index (χ1n) is 5.05. The van der Waals surface area contributed by atoms with Crippen LogP contribution in [0.4, 0.5) is 0 Å². The molecule has 0 bridgehead atoms. The molecule has 17 heavy (non-hydrogen) atoms. The molecule has 0 saturated carbocycles. The van der Waals surface area contributed by atoms with E-state index in [1.807, 2.05) is 13.1 Å². The number of hydrogen-bond donors (Lipinski definition) is 0. The summed E-state index contributed by atoms with van der Waals surface area (Å²) in [5.74, 6) is 0.669. The third-order valence-electron chi connectivity index (χ3n) is 2.38. The number of rotatable bonds is 4. The number of carbonyl (C=O) groups is 1. The van der Waals surface area contributed by atoms with Gasteiger partial charge < -0.3 is 4.74 Å². The highest BCUT2D eigenvalue weighted by molar-refractivity contribution is 9.10. The monoisotopic (exact) mass is 294 g/mol. The maximum atomic E-state index is 10.6. The molecule has 0 aliphatic carbocycles. The highest BCUT2D eigenvalue weighted by Crippen LogP contribution is 2.18. The molecule has 0 spiro atoms. The Morgan fingerprint density at radius 1 is 1.53 bits per heavy atom. The molecule has 0 unspecified atom stereocenters. The van der Waals surface area contributed by atoms with Crippen molar-refractivity contribution >= 4 is 22.2 Å². The summed E-state index contributed by atoms with van der Waals surface area (Å²) in [6.45, 7) is 0.402. The van der Waals surface area contributed by atoms with Crippen LogP contribution in [0.15, 0.2) is 34.9 Å². The van der Waals surface area contributed by atoms with Gasteiger partial charge >= 0.3 is 0 Å². The zero-order valence-electron chi connectivity index (χ0n) is 9.26. The Labute approximate surface area is 107 Å². The summed E-state index contributed by atoms with van der Waals surface area (Å²) in [7, 11) is 1.85. The summed E-state index contributed by atoms with van der Waals surface area (Å²) in [5.41, 5.74) is 1.55. The molecule has 2 rings (SSSR count). The van der Waals surface area contributed by atoms with Crippen molar-refractivity contribution in [3.05, 3.63) is 46.2 Å². The van der Waals surface area contributed by atoms with Gasteiger partial charge in [-0.25, -0.2) is 0 Å². The van der Waals surface area contributed by atoms with E-state index in [1.54, 1.807) is 29.1 Å². The van der Waals surface area contributed by atoms with E-state index < -0.39 is 0 Å². The van der Waals surface area contributed by atoms with E-state index in [2.05, 4.69) is 21.0 Å². The van der Waals surface area contributed by atoms with Crippen molar-refractivity contribution in [1.29, 1.82) is 0 Å². The third kappa shape index (κ3) is 2.74. The smallest absolute Gasteiger partial charge is 0.150 e. The topological polar surface area (TPSA) is 44.1 Å². The highest BCUT2D eigenvalue weighted by atomic mass is 79.9. The maximum Gasteiger partial charge on any atom is 0.150 e. The second-order valence-corrected chi connectivity index (χ2v) is 4.40. The summed E-state index contributed by atoms with van der Waals surface area (Å²) < 4.78 is 8.26. The zero-order valence-corrected chi connectivity index (χ0v) is 10.8. The van der Waals surface area contributed by atoms with Crippen LogP contribution in [-0.2, 0) is 13.7 Å². The lowest BCUT2D eigenvalue weighted by molar-refractivity contribution is 0.112. The molecular weight excluding hydrogens is 284 g/mol. The molecule has 0 aliphatic heterocycles. The summed E-state index contributed by atoms with van der Waals surface area (Å²) in [6.07, 6.45) is 2.52. The fourth-order valence-electron chi connectivity index (χ4n) is 1.43. The molecule has 1 aromatic carbocycles. The Morgan fingerprint density at radius 2 is 2.35 bits per heavy atom. The standard InChI is InChI=1S/C12H11BrN2O2/c1-15-12(11(13)6-14-15)8-17-10-4-2-3-9(5-10)7-16/h2-7H,8H2,1H3. The first kappa shape index (κ1) is 11.9. The van der Waals surface area contributed by atoms with Crippen LogP contribution in [-0.4, -0.2) is 16.1 Å². The van der Waals surface area contributed by atoms with Gasteiger partial charge in [0.15, 0.2) is 0 Å². The van der Waals surface area contributed by atoms with Crippen molar-refractivity contribution in [2.24, 2.45) is 7.05 Å². The van der Waals surface area contributed by atoms with Crippen molar-refractivity contribution in [1.82, 2.24) is 9.78 Å². The van der Waals surface area contributed by atoms with Gasteiger partial charge in [-0.2, -0.15) is 5.10 Å². The second-order valence-electron chi connectivity index (χ2n) is 3.54. The molecule has 0 fully saturated rings. The molecule has 1 heterocycles. The minimum absolute atomic E-state index is 0.402. The van der Waals surface area contributed by atoms with Crippen LogP contribution in [0.3, 0.4) is 0 Å². The van der Waals surface area contributed by atoms with Crippen molar-refractivity contribution in [3.63, 3.8) is 0 Å². The van der Waals surface area contributed by atoms with E-state index in [-0.39, 0.29) is 0 Å². The Hall–Kier alpha value is -1.62. The van der Waals surface area contributed by atoms with Gasteiger partial charge in [0.05, 0.1) is 16.4 Å². The van der Waals surface area contributed by atoms with Crippen molar-refractivity contribution in [2.75, 3.05) is 0 Å². The predicted octanol–water partition coefficient (Wildman–Crippen LogP) is 2.57.